The molecule has 0 radical (unpaired) electrons. The Hall–Kier alpha value is -2.23. The molecular weight excluding hydrogens is 472 g/mol. The van der Waals surface area contributed by atoms with Crippen molar-refractivity contribution in [3.8, 4) is 5.69 Å². The number of halogens is 2. The second kappa shape index (κ2) is 8.13. The van der Waals surface area contributed by atoms with Gasteiger partial charge in [-0.3, -0.25) is 4.79 Å². The zero-order valence-corrected chi connectivity index (χ0v) is 19.0. The minimum Gasteiger partial charge on any atom is -0.392 e. The highest BCUT2D eigenvalue weighted by Gasteiger charge is 2.40. The van der Waals surface area contributed by atoms with Crippen LogP contribution < -0.4 is 10.6 Å². The molecule has 3 N–H and O–H groups in total. The van der Waals surface area contributed by atoms with Gasteiger partial charge >= 0.3 is 0 Å². The predicted octanol–water partition coefficient (Wildman–Crippen LogP) is 3.44. The fraction of sp³-hybridized carbons (Fsp3) is 0.400. The second-order valence-corrected chi connectivity index (χ2v) is 9.02. The Labute approximate surface area is 187 Å². The first-order valence-electron chi connectivity index (χ1n) is 9.63. The van der Waals surface area contributed by atoms with Crippen LogP contribution in [0.15, 0.2) is 29.0 Å². The van der Waals surface area contributed by atoms with Crippen LogP contribution in [0.4, 0.5) is 5.95 Å². The standard InChI is InChI=1S/C20H22BrClN6O2/c1-20(18(30)23-2)4-3-13(8-20)25-19-24-9-15-16(21)27-28(17(15)26-19)14-6-11(10-29)5-12(22)7-14/h5-7,9,13,29H,3-4,8,10H2,1-2H3,(H,23,30)(H,24,25,26)/t13-,20?/m1/s1. The van der Waals surface area contributed by atoms with Crippen LogP contribution >= 0.6 is 27.5 Å². The van der Waals surface area contributed by atoms with Gasteiger partial charge in [-0.2, -0.15) is 10.1 Å². The molecule has 1 unspecified atom stereocenters. The predicted molar refractivity (Wildman–Crippen MR) is 119 cm³/mol. The Morgan fingerprint density at radius 2 is 2.23 bits per heavy atom. The summed E-state index contributed by atoms with van der Waals surface area (Å²) in [6.45, 7) is 1.86. The number of fused-ring (bicyclic) bond motifs is 1. The van der Waals surface area contributed by atoms with Gasteiger partial charge in [-0.1, -0.05) is 18.5 Å². The van der Waals surface area contributed by atoms with Crippen molar-refractivity contribution in [2.24, 2.45) is 5.41 Å². The van der Waals surface area contributed by atoms with Crippen molar-refractivity contribution < 1.29 is 9.90 Å². The molecule has 0 saturated heterocycles. The number of aliphatic hydroxyl groups excluding tert-OH is 1. The number of nitrogens with one attached hydrogen (secondary N) is 2. The van der Waals surface area contributed by atoms with E-state index in [9.17, 15) is 9.90 Å². The van der Waals surface area contributed by atoms with E-state index in [4.69, 9.17) is 11.6 Å². The van der Waals surface area contributed by atoms with Crippen LogP contribution in [0.3, 0.4) is 0 Å². The van der Waals surface area contributed by atoms with Gasteiger partial charge in [-0.05, 0) is 59.0 Å². The monoisotopic (exact) mass is 492 g/mol. The number of nitrogens with zero attached hydrogens (tertiary/aromatic N) is 4. The number of rotatable bonds is 5. The van der Waals surface area contributed by atoms with Crippen molar-refractivity contribution in [1.29, 1.82) is 0 Å². The van der Waals surface area contributed by atoms with Gasteiger partial charge in [0.15, 0.2) is 5.65 Å². The van der Waals surface area contributed by atoms with Crippen LogP contribution in [-0.2, 0) is 11.4 Å². The molecule has 4 rings (SSSR count). The average molecular weight is 494 g/mol. The number of anilines is 1. The molecule has 1 amide bonds. The first kappa shape index (κ1) is 21.0. The molecule has 1 aliphatic carbocycles. The maximum atomic E-state index is 12.2. The highest BCUT2D eigenvalue weighted by Crippen LogP contribution is 2.39. The number of amides is 1. The molecule has 0 aliphatic heterocycles. The Bertz CT molecular complexity index is 1120. The average Bonchev–Trinajstić information content (AvgIpc) is 3.27. The van der Waals surface area contributed by atoms with Crippen molar-refractivity contribution in [2.75, 3.05) is 12.4 Å². The van der Waals surface area contributed by atoms with Crippen LogP contribution in [0.25, 0.3) is 16.7 Å². The fourth-order valence-corrected chi connectivity index (χ4v) is 4.71. The Morgan fingerprint density at radius 3 is 2.97 bits per heavy atom. The van der Waals surface area contributed by atoms with E-state index in [0.29, 0.717) is 38.9 Å². The van der Waals surface area contributed by atoms with Crippen molar-refractivity contribution >= 4 is 50.4 Å². The smallest absolute Gasteiger partial charge is 0.225 e. The van der Waals surface area contributed by atoms with Crippen LogP contribution in [-0.4, -0.2) is 43.9 Å². The molecule has 3 aromatic rings. The van der Waals surface area contributed by atoms with Gasteiger partial charge < -0.3 is 15.7 Å². The summed E-state index contributed by atoms with van der Waals surface area (Å²) in [6.07, 6.45) is 4.10. The molecule has 0 bridgehead atoms. The number of aliphatic hydroxyl groups is 1. The lowest BCUT2D eigenvalue weighted by Gasteiger charge is -2.22. The molecule has 10 heteroatoms. The number of hydrogen-bond acceptors (Lipinski definition) is 6. The summed E-state index contributed by atoms with van der Waals surface area (Å²) in [7, 11) is 1.67. The van der Waals surface area contributed by atoms with Gasteiger partial charge in [-0.15, -0.1) is 0 Å². The second-order valence-electron chi connectivity index (χ2n) is 7.83. The number of hydrogen-bond donors (Lipinski definition) is 3. The molecule has 8 nitrogen and oxygen atoms in total. The van der Waals surface area contributed by atoms with E-state index in [1.807, 2.05) is 13.0 Å². The first-order chi connectivity index (χ1) is 14.3. The lowest BCUT2D eigenvalue weighted by Crippen LogP contribution is -2.35. The lowest BCUT2D eigenvalue weighted by molar-refractivity contribution is -0.129. The van der Waals surface area contributed by atoms with Crippen LogP contribution in [0, 0.1) is 5.41 Å². The van der Waals surface area contributed by atoms with Gasteiger partial charge in [0.2, 0.25) is 11.9 Å². The van der Waals surface area contributed by atoms with E-state index in [0.717, 1.165) is 18.2 Å². The third-order valence-electron chi connectivity index (χ3n) is 5.60. The third kappa shape index (κ3) is 3.89. The molecule has 1 aromatic carbocycles. The van der Waals surface area contributed by atoms with Crippen LogP contribution in [0.5, 0.6) is 0 Å². The number of aromatic nitrogens is 4. The summed E-state index contributed by atoms with van der Waals surface area (Å²) in [5.74, 6) is 0.539. The quantitative estimate of drug-likeness (QED) is 0.503. The zero-order valence-electron chi connectivity index (χ0n) is 16.6. The molecule has 158 valence electrons. The van der Waals surface area contributed by atoms with Gasteiger partial charge in [-0.25, -0.2) is 9.67 Å². The summed E-state index contributed by atoms with van der Waals surface area (Å²) in [4.78, 5) is 21.3. The van der Waals surface area contributed by atoms with Crippen LogP contribution in [0.2, 0.25) is 5.02 Å². The maximum Gasteiger partial charge on any atom is 0.225 e. The van der Waals surface area contributed by atoms with E-state index in [-0.39, 0.29) is 24.0 Å². The van der Waals surface area contributed by atoms with Gasteiger partial charge in [0, 0.05) is 29.7 Å². The molecule has 2 heterocycles. The van der Waals surface area contributed by atoms with E-state index < -0.39 is 0 Å². The maximum absolute atomic E-state index is 12.2. The summed E-state index contributed by atoms with van der Waals surface area (Å²) in [6, 6.07) is 5.39. The normalized spacial score (nSPS) is 21.2. The minimum absolute atomic E-state index is 0.0609. The highest BCUT2D eigenvalue weighted by atomic mass is 79.9. The molecule has 1 saturated carbocycles. The SMILES string of the molecule is CNC(=O)C1(C)CC[C@@H](Nc2ncc3c(Br)nn(-c4cc(Cl)cc(CO)c4)c3n2)C1. The van der Waals surface area contributed by atoms with Crippen molar-refractivity contribution in [1.82, 2.24) is 25.1 Å². The highest BCUT2D eigenvalue weighted by molar-refractivity contribution is 9.10. The van der Waals surface area contributed by atoms with Crippen molar-refractivity contribution in [2.45, 2.75) is 38.8 Å². The molecule has 30 heavy (non-hydrogen) atoms. The minimum atomic E-state index is -0.386. The van der Waals surface area contributed by atoms with E-state index in [2.05, 4.69) is 41.6 Å². The fourth-order valence-electron chi connectivity index (χ4n) is 4.02. The Morgan fingerprint density at radius 1 is 1.43 bits per heavy atom. The largest absolute Gasteiger partial charge is 0.392 e. The topological polar surface area (TPSA) is 105 Å². The molecule has 1 fully saturated rings. The van der Waals surface area contributed by atoms with Gasteiger partial charge in [0.25, 0.3) is 0 Å². The van der Waals surface area contributed by atoms with Crippen LogP contribution in [0.1, 0.15) is 31.7 Å². The summed E-state index contributed by atoms with van der Waals surface area (Å²) < 4.78 is 2.28. The first-order valence-corrected chi connectivity index (χ1v) is 10.8. The molecule has 2 aromatic heterocycles. The summed E-state index contributed by atoms with van der Waals surface area (Å²) in [5, 5.41) is 21.4. The third-order valence-corrected chi connectivity index (χ3v) is 6.40. The molecule has 1 aliphatic rings. The van der Waals surface area contributed by atoms with Crippen molar-refractivity contribution in [3.05, 3.63) is 39.6 Å². The van der Waals surface area contributed by atoms with E-state index in [1.165, 1.54) is 0 Å². The molecule has 2 atom stereocenters. The Kier molecular flexibility index (Phi) is 5.69. The Balaban J connectivity index is 1.66. The van der Waals surface area contributed by atoms with E-state index >= 15 is 0 Å². The number of benzene rings is 1. The van der Waals surface area contributed by atoms with E-state index in [1.54, 1.807) is 30.1 Å². The van der Waals surface area contributed by atoms with Crippen molar-refractivity contribution in [3.63, 3.8) is 0 Å². The molecular formula is C20H22BrClN6O2. The lowest BCUT2D eigenvalue weighted by atomic mass is 9.87. The summed E-state index contributed by atoms with van der Waals surface area (Å²) >= 11 is 9.67. The van der Waals surface area contributed by atoms with Gasteiger partial charge in [0.1, 0.15) is 4.60 Å². The van der Waals surface area contributed by atoms with Gasteiger partial charge in [0.05, 0.1) is 17.7 Å². The zero-order chi connectivity index (χ0) is 21.5. The summed E-state index contributed by atoms with van der Waals surface area (Å²) in [5.41, 5.74) is 1.60. The molecule has 0 spiro atoms. The number of carbonyl (C=O) groups is 1. The number of carbonyl (C=O) groups excluding carboxylic acids is 1.